The van der Waals surface area contributed by atoms with E-state index in [0.29, 0.717) is 55.2 Å². The van der Waals surface area contributed by atoms with Crippen LogP contribution in [-0.2, 0) is 19.6 Å². The Morgan fingerprint density at radius 2 is 1.82 bits per heavy atom. The van der Waals surface area contributed by atoms with Crippen molar-refractivity contribution >= 4 is 26.7 Å². The van der Waals surface area contributed by atoms with Gasteiger partial charge in [-0.3, -0.25) is 9.69 Å². The molecule has 33 heavy (non-hydrogen) atoms. The molecular weight excluding hydrogens is 444 g/mol. The Morgan fingerprint density at radius 1 is 1.15 bits per heavy atom. The van der Waals surface area contributed by atoms with Gasteiger partial charge in [0.2, 0.25) is 5.91 Å². The zero-order valence-corrected chi connectivity index (χ0v) is 20.1. The first-order chi connectivity index (χ1) is 15.9. The van der Waals surface area contributed by atoms with Crippen molar-refractivity contribution in [2.45, 2.75) is 19.8 Å². The minimum atomic E-state index is -3.77. The molecule has 0 radical (unpaired) electrons. The number of methoxy groups -OCH3 is 1. The summed E-state index contributed by atoms with van der Waals surface area (Å²) in [5.41, 5.74) is 1.25. The number of morpholine rings is 1. The number of likely N-dealkylation sites (tertiary alicyclic amines) is 1. The summed E-state index contributed by atoms with van der Waals surface area (Å²) in [4.78, 5) is 17.1. The smallest absolute Gasteiger partial charge is 0.285 e. The quantitative estimate of drug-likeness (QED) is 0.661. The molecule has 0 aromatic heterocycles. The number of sulfonamides is 1. The second kappa shape index (κ2) is 10.2. The van der Waals surface area contributed by atoms with Gasteiger partial charge in [0, 0.05) is 50.8 Å². The summed E-state index contributed by atoms with van der Waals surface area (Å²) in [5.74, 6) is 1.18. The molecule has 0 unspecified atom stereocenters. The monoisotopic (exact) mass is 476 g/mol. The van der Waals surface area contributed by atoms with E-state index in [4.69, 9.17) is 9.47 Å². The van der Waals surface area contributed by atoms with Crippen LogP contribution in [0.15, 0.2) is 34.2 Å². The van der Waals surface area contributed by atoms with Crippen LogP contribution in [0.25, 0.3) is 4.91 Å². The van der Waals surface area contributed by atoms with E-state index in [9.17, 15) is 13.2 Å². The number of hydrogen-bond acceptors (Lipinski definition) is 7. The van der Waals surface area contributed by atoms with Gasteiger partial charge >= 0.3 is 0 Å². The second-order valence-electron chi connectivity index (χ2n) is 8.58. The maximum absolute atomic E-state index is 12.8. The first kappa shape index (κ1) is 23.7. The summed E-state index contributed by atoms with van der Waals surface area (Å²) in [6.45, 7) is 7.78. The molecule has 1 aromatic carbocycles. The molecule has 9 nitrogen and oxygen atoms in total. The summed E-state index contributed by atoms with van der Waals surface area (Å²) in [7, 11) is -2.20. The number of piperidine rings is 1. The van der Waals surface area contributed by atoms with Gasteiger partial charge in [-0.25, -0.2) is 0 Å². The Labute approximate surface area is 195 Å². The largest absolute Gasteiger partial charge is 0.497 e. The van der Waals surface area contributed by atoms with Gasteiger partial charge in [0.1, 0.15) is 16.5 Å². The lowest BCUT2D eigenvalue weighted by Crippen LogP contribution is -2.45. The van der Waals surface area contributed by atoms with Crippen LogP contribution in [0, 0.1) is 5.92 Å². The van der Waals surface area contributed by atoms with E-state index in [1.807, 2.05) is 4.90 Å². The number of ether oxygens (including phenoxy) is 2. The zero-order valence-electron chi connectivity index (χ0n) is 19.2. The van der Waals surface area contributed by atoms with Crippen LogP contribution < -0.4 is 10.1 Å². The van der Waals surface area contributed by atoms with E-state index in [-0.39, 0.29) is 16.7 Å². The molecule has 1 N–H and O–H groups in total. The standard InChI is InChI=1S/C23H32N4O5S/c1-17-21(18-3-5-20(31-2)6-4-18)33(29,30)25-22(17)27-10-7-19(8-11-27)23(28)24-9-12-26-13-15-32-16-14-26/h3-6,19H,7-16H2,1-2H3,(H,24,28). The van der Waals surface area contributed by atoms with Gasteiger partial charge in [-0.1, -0.05) is 0 Å². The van der Waals surface area contributed by atoms with E-state index < -0.39 is 10.0 Å². The van der Waals surface area contributed by atoms with Crippen LogP contribution in [0.3, 0.4) is 0 Å². The molecule has 1 amide bonds. The molecule has 3 aliphatic rings. The Hall–Kier alpha value is -2.43. The molecule has 0 spiro atoms. The third-order valence-electron chi connectivity index (χ3n) is 6.49. The third kappa shape index (κ3) is 5.39. The van der Waals surface area contributed by atoms with Crippen LogP contribution >= 0.6 is 0 Å². The molecule has 0 aliphatic carbocycles. The van der Waals surface area contributed by atoms with Crippen LogP contribution in [0.2, 0.25) is 0 Å². The van der Waals surface area contributed by atoms with Crippen molar-refractivity contribution in [3.63, 3.8) is 0 Å². The fourth-order valence-corrected chi connectivity index (χ4v) is 6.07. The van der Waals surface area contributed by atoms with Gasteiger partial charge in [0.05, 0.1) is 20.3 Å². The van der Waals surface area contributed by atoms with E-state index >= 15 is 0 Å². The number of hydrogen-bond donors (Lipinski definition) is 1. The van der Waals surface area contributed by atoms with Gasteiger partial charge in [0.15, 0.2) is 0 Å². The number of carbonyl (C=O) groups is 1. The molecule has 1 aromatic rings. The average molecular weight is 477 g/mol. The predicted molar refractivity (Wildman–Crippen MR) is 127 cm³/mol. The van der Waals surface area contributed by atoms with Gasteiger partial charge < -0.3 is 19.7 Å². The fraction of sp³-hybridized carbons (Fsp3) is 0.565. The van der Waals surface area contributed by atoms with E-state index in [1.54, 1.807) is 38.3 Å². The Kier molecular flexibility index (Phi) is 7.35. The molecular formula is C23H32N4O5S. The first-order valence-corrected chi connectivity index (χ1v) is 12.9. The molecule has 0 bridgehead atoms. The van der Waals surface area contributed by atoms with Crippen LogP contribution in [-0.4, -0.2) is 89.6 Å². The highest BCUT2D eigenvalue weighted by molar-refractivity contribution is 8.00. The average Bonchev–Trinajstić information content (AvgIpc) is 3.08. The highest BCUT2D eigenvalue weighted by Crippen LogP contribution is 2.35. The summed E-state index contributed by atoms with van der Waals surface area (Å²) >= 11 is 0. The number of benzene rings is 1. The molecule has 0 saturated carbocycles. The summed E-state index contributed by atoms with van der Waals surface area (Å²) in [6.07, 6.45) is 1.35. The molecule has 4 rings (SSSR count). The van der Waals surface area contributed by atoms with Crippen molar-refractivity contribution in [2.24, 2.45) is 10.3 Å². The lowest BCUT2D eigenvalue weighted by atomic mass is 9.95. The third-order valence-corrected chi connectivity index (χ3v) is 7.96. The van der Waals surface area contributed by atoms with Crippen molar-refractivity contribution in [3.05, 3.63) is 35.4 Å². The van der Waals surface area contributed by atoms with Crippen molar-refractivity contribution in [1.29, 1.82) is 0 Å². The van der Waals surface area contributed by atoms with Gasteiger partial charge in [-0.15, -0.1) is 4.40 Å². The molecule has 3 aliphatic heterocycles. The summed E-state index contributed by atoms with van der Waals surface area (Å²) < 4.78 is 40.3. The first-order valence-electron chi connectivity index (χ1n) is 11.4. The number of amidine groups is 1. The Morgan fingerprint density at radius 3 is 2.45 bits per heavy atom. The van der Waals surface area contributed by atoms with Crippen LogP contribution in [0.5, 0.6) is 5.75 Å². The van der Waals surface area contributed by atoms with E-state index in [2.05, 4.69) is 14.6 Å². The lowest BCUT2D eigenvalue weighted by molar-refractivity contribution is -0.126. The molecule has 2 fully saturated rings. The minimum absolute atomic E-state index is 0.0603. The van der Waals surface area contributed by atoms with Crippen LogP contribution in [0.1, 0.15) is 25.3 Å². The Balaban J connectivity index is 1.34. The van der Waals surface area contributed by atoms with Crippen LogP contribution in [0.4, 0.5) is 0 Å². The fourth-order valence-electron chi connectivity index (χ4n) is 4.59. The highest BCUT2D eigenvalue weighted by atomic mass is 32.2. The summed E-state index contributed by atoms with van der Waals surface area (Å²) in [6, 6.07) is 6.96. The number of rotatable bonds is 6. The lowest BCUT2D eigenvalue weighted by Gasteiger charge is -2.33. The number of nitrogens with one attached hydrogen (secondary N) is 1. The highest BCUT2D eigenvalue weighted by Gasteiger charge is 2.35. The maximum Gasteiger partial charge on any atom is 0.285 e. The van der Waals surface area contributed by atoms with Gasteiger partial charge in [-0.2, -0.15) is 8.42 Å². The van der Waals surface area contributed by atoms with Crippen molar-refractivity contribution < 1.29 is 22.7 Å². The Bertz CT molecular complexity index is 1020. The second-order valence-corrected chi connectivity index (χ2v) is 10.1. The number of nitrogens with zero attached hydrogens (tertiary/aromatic N) is 3. The van der Waals surface area contributed by atoms with Gasteiger partial charge in [0.25, 0.3) is 10.0 Å². The minimum Gasteiger partial charge on any atom is -0.497 e. The van der Waals surface area contributed by atoms with Crippen molar-refractivity contribution in [1.82, 2.24) is 15.1 Å². The normalized spacial score (nSPS) is 21.8. The van der Waals surface area contributed by atoms with Gasteiger partial charge in [-0.05, 0) is 49.6 Å². The number of amides is 1. The molecule has 2 saturated heterocycles. The van der Waals surface area contributed by atoms with Crippen molar-refractivity contribution in [2.75, 3.05) is 59.6 Å². The van der Waals surface area contributed by atoms with E-state index in [0.717, 1.165) is 32.8 Å². The SMILES string of the molecule is COc1ccc(C2=C(C)C(N3CCC(C(=O)NCCN4CCOCC4)CC3)=NS2(=O)=O)cc1. The molecule has 0 atom stereocenters. The molecule has 10 heteroatoms. The topological polar surface area (TPSA) is 101 Å². The molecule has 180 valence electrons. The molecule has 3 heterocycles. The van der Waals surface area contributed by atoms with Crippen molar-refractivity contribution in [3.8, 4) is 5.75 Å². The summed E-state index contributed by atoms with van der Waals surface area (Å²) in [5, 5.41) is 3.06. The number of carbonyl (C=O) groups excluding carboxylic acids is 1. The maximum atomic E-state index is 12.8. The zero-order chi connectivity index (χ0) is 23.4. The predicted octanol–water partition coefficient (Wildman–Crippen LogP) is 1.33. The van der Waals surface area contributed by atoms with E-state index in [1.165, 1.54) is 0 Å².